The molecule has 116 valence electrons. The Kier molecular flexibility index (Phi) is 3.64. The zero-order chi connectivity index (χ0) is 15.7. The fourth-order valence-corrected chi connectivity index (χ4v) is 2.45. The molecule has 0 spiro atoms. The Balaban J connectivity index is 1.65. The Morgan fingerprint density at radius 3 is 2.68 bits per heavy atom. The summed E-state index contributed by atoms with van der Waals surface area (Å²) in [6.45, 7) is 0.958. The van der Waals surface area contributed by atoms with Crippen molar-refractivity contribution in [3.63, 3.8) is 0 Å². The first-order valence-electron chi connectivity index (χ1n) is 6.80. The number of carbonyl (C=O) groups is 1. The third-order valence-electron chi connectivity index (χ3n) is 3.69. The predicted octanol–water partition coefficient (Wildman–Crippen LogP) is 2.82. The van der Waals surface area contributed by atoms with Gasteiger partial charge in [-0.15, -0.1) is 0 Å². The minimum absolute atomic E-state index is 0.0821. The lowest BCUT2D eigenvalue weighted by Gasteiger charge is -2.25. The summed E-state index contributed by atoms with van der Waals surface area (Å²) in [5.41, 5.74) is 0.733. The van der Waals surface area contributed by atoms with Gasteiger partial charge in [0, 0.05) is 18.5 Å². The van der Waals surface area contributed by atoms with Crippen LogP contribution in [0.5, 0.6) is 0 Å². The Bertz CT molecular complexity index is 677. The first kappa shape index (κ1) is 14.6. The van der Waals surface area contributed by atoms with Crippen molar-refractivity contribution in [2.24, 2.45) is 0 Å². The highest BCUT2D eigenvalue weighted by Gasteiger charge is 2.30. The minimum Gasteiger partial charge on any atom is -0.361 e. The van der Waals surface area contributed by atoms with Gasteiger partial charge in [-0.2, -0.15) is 13.2 Å². The Morgan fingerprint density at radius 1 is 1.27 bits per heavy atom. The van der Waals surface area contributed by atoms with Gasteiger partial charge in [0.15, 0.2) is 0 Å². The molecule has 0 N–H and O–H groups in total. The third-order valence-corrected chi connectivity index (χ3v) is 3.69. The van der Waals surface area contributed by atoms with Crippen molar-refractivity contribution in [2.75, 3.05) is 6.54 Å². The number of hydrogen-bond donors (Lipinski definition) is 0. The normalized spacial score (nSPS) is 14.8. The molecule has 1 aromatic heterocycles. The van der Waals surface area contributed by atoms with Gasteiger partial charge in [-0.25, -0.2) is 0 Å². The molecule has 1 aliphatic rings. The number of fused-ring (bicyclic) bond motifs is 1. The molecule has 0 aliphatic carbocycles. The van der Waals surface area contributed by atoms with E-state index in [0.29, 0.717) is 25.1 Å². The summed E-state index contributed by atoms with van der Waals surface area (Å²) >= 11 is 0. The van der Waals surface area contributed by atoms with Crippen LogP contribution in [-0.2, 0) is 30.4 Å². The SMILES string of the molecule is O=C(Cc1ccc(C(F)(F)F)cc1)N1CCc2oncc2C1. The first-order valence-corrected chi connectivity index (χ1v) is 6.80. The third kappa shape index (κ3) is 2.98. The van der Waals surface area contributed by atoms with E-state index in [1.165, 1.54) is 12.1 Å². The maximum Gasteiger partial charge on any atom is 0.416 e. The number of hydrogen-bond acceptors (Lipinski definition) is 3. The van der Waals surface area contributed by atoms with Crippen LogP contribution in [0.4, 0.5) is 13.2 Å². The van der Waals surface area contributed by atoms with Crippen LogP contribution >= 0.6 is 0 Å². The maximum absolute atomic E-state index is 12.5. The van der Waals surface area contributed by atoms with Crippen LogP contribution in [0.1, 0.15) is 22.5 Å². The summed E-state index contributed by atoms with van der Waals surface area (Å²) in [4.78, 5) is 13.9. The first-order chi connectivity index (χ1) is 10.4. The predicted molar refractivity (Wildman–Crippen MR) is 70.8 cm³/mol. The summed E-state index contributed by atoms with van der Waals surface area (Å²) in [6.07, 6.45) is -2.08. The molecule has 0 atom stereocenters. The molecule has 0 saturated heterocycles. The van der Waals surface area contributed by atoms with E-state index in [2.05, 4.69) is 5.16 Å². The summed E-state index contributed by atoms with van der Waals surface area (Å²) in [5, 5.41) is 3.69. The van der Waals surface area contributed by atoms with Gasteiger partial charge in [-0.1, -0.05) is 17.3 Å². The van der Waals surface area contributed by atoms with Crippen molar-refractivity contribution < 1.29 is 22.5 Å². The average molecular weight is 310 g/mol. The lowest BCUT2D eigenvalue weighted by atomic mass is 10.1. The molecule has 1 aromatic carbocycles. The van der Waals surface area contributed by atoms with Crippen LogP contribution in [0.25, 0.3) is 0 Å². The Morgan fingerprint density at radius 2 is 2.00 bits per heavy atom. The van der Waals surface area contributed by atoms with Gasteiger partial charge in [0.05, 0.1) is 24.7 Å². The molecular weight excluding hydrogens is 297 g/mol. The molecule has 22 heavy (non-hydrogen) atoms. The molecule has 7 heteroatoms. The summed E-state index contributed by atoms with van der Waals surface area (Å²) in [6, 6.07) is 4.68. The topological polar surface area (TPSA) is 46.3 Å². The van der Waals surface area contributed by atoms with Crippen LogP contribution in [0.3, 0.4) is 0 Å². The summed E-state index contributed by atoms with van der Waals surface area (Å²) in [7, 11) is 0. The molecule has 2 aromatic rings. The van der Waals surface area contributed by atoms with Crippen LogP contribution in [0.15, 0.2) is 35.0 Å². The molecule has 3 rings (SSSR count). The van der Waals surface area contributed by atoms with E-state index in [9.17, 15) is 18.0 Å². The van der Waals surface area contributed by atoms with Crippen molar-refractivity contribution in [3.8, 4) is 0 Å². The molecular formula is C15H13F3N2O2. The number of alkyl halides is 3. The van der Waals surface area contributed by atoms with Crippen LogP contribution in [-0.4, -0.2) is 22.5 Å². The van der Waals surface area contributed by atoms with Crippen LogP contribution < -0.4 is 0 Å². The van der Waals surface area contributed by atoms with E-state index in [-0.39, 0.29) is 12.3 Å². The number of nitrogens with zero attached hydrogens (tertiary/aromatic N) is 2. The van der Waals surface area contributed by atoms with E-state index >= 15 is 0 Å². The van der Waals surface area contributed by atoms with Crippen molar-refractivity contribution in [1.29, 1.82) is 0 Å². The highest BCUT2D eigenvalue weighted by atomic mass is 19.4. The van der Waals surface area contributed by atoms with Crippen molar-refractivity contribution in [1.82, 2.24) is 10.1 Å². The standard InChI is InChI=1S/C15H13F3N2O2/c16-15(17,18)12-3-1-10(2-4-12)7-14(21)20-6-5-13-11(9-20)8-19-22-13/h1-4,8H,5-7,9H2. The van der Waals surface area contributed by atoms with E-state index in [0.717, 1.165) is 23.5 Å². The number of rotatable bonds is 2. The molecule has 2 heterocycles. The van der Waals surface area contributed by atoms with E-state index in [1.807, 2.05) is 0 Å². The molecule has 1 amide bonds. The largest absolute Gasteiger partial charge is 0.416 e. The number of benzene rings is 1. The second-order valence-electron chi connectivity index (χ2n) is 5.21. The molecule has 0 fully saturated rings. The van der Waals surface area contributed by atoms with Gasteiger partial charge in [0.25, 0.3) is 0 Å². The molecule has 0 bridgehead atoms. The molecule has 0 saturated carbocycles. The van der Waals surface area contributed by atoms with Crippen molar-refractivity contribution in [2.45, 2.75) is 25.6 Å². The summed E-state index contributed by atoms with van der Waals surface area (Å²) < 4.78 is 42.5. The highest BCUT2D eigenvalue weighted by Crippen LogP contribution is 2.29. The second-order valence-corrected chi connectivity index (χ2v) is 5.21. The van der Waals surface area contributed by atoms with Crippen molar-refractivity contribution >= 4 is 5.91 Å². The Hall–Kier alpha value is -2.31. The minimum atomic E-state index is -4.36. The average Bonchev–Trinajstić information content (AvgIpc) is 2.94. The Labute approximate surface area is 124 Å². The number of aromatic nitrogens is 1. The fourth-order valence-electron chi connectivity index (χ4n) is 2.45. The van der Waals surface area contributed by atoms with E-state index in [4.69, 9.17) is 4.52 Å². The molecule has 4 nitrogen and oxygen atoms in total. The monoisotopic (exact) mass is 310 g/mol. The second kappa shape index (κ2) is 5.47. The van der Waals surface area contributed by atoms with E-state index < -0.39 is 11.7 Å². The van der Waals surface area contributed by atoms with Gasteiger partial charge >= 0.3 is 6.18 Å². The van der Waals surface area contributed by atoms with Crippen molar-refractivity contribution in [3.05, 3.63) is 52.9 Å². The van der Waals surface area contributed by atoms with Crippen LogP contribution in [0, 0.1) is 0 Å². The van der Waals surface area contributed by atoms with Gasteiger partial charge in [-0.3, -0.25) is 4.79 Å². The maximum atomic E-state index is 12.5. The quantitative estimate of drug-likeness (QED) is 0.857. The van der Waals surface area contributed by atoms with Crippen LogP contribution in [0.2, 0.25) is 0 Å². The molecule has 0 unspecified atom stereocenters. The number of amides is 1. The van der Waals surface area contributed by atoms with Gasteiger partial charge in [0.1, 0.15) is 5.76 Å². The highest BCUT2D eigenvalue weighted by molar-refractivity contribution is 5.79. The van der Waals surface area contributed by atoms with E-state index in [1.54, 1.807) is 11.1 Å². The smallest absolute Gasteiger partial charge is 0.361 e. The molecule has 1 aliphatic heterocycles. The zero-order valence-electron chi connectivity index (χ0n) is 11.6. The van der Waals surface area contributed by atoms with Gasteiger partial charge in [-0.05, 0) is 17.7 Å². The lowest BCUT2D eigenvalue weighted by molar-refractivity contribution is -0.137. The lowest BCUT2D eigenvalue weighted by Crippen LogP contribution is -2.36. The van der Waals surface area contributed by atoms with Gasteiger partial charge < -0.3 is 9.42 Å². The van der Waals surface area contributed by atoms with Gasteiger partial charge in [0.2, 0.25) is 5.91 Å². The fraction of sp³-hybridized carbons (Fsp3) is 0.333. The number of halogens is 3. The number of carbonyl (C=O) groups excluding carboxylic acids is 1. The zero-order valence-corrected chi connectivity index (χ0v) is 11.6. The molecule has 0 radical (unpaired) electrons. The summed E-state index contributed by atoms with van der Waals surface area (Å²) in [5.74, 6) is 0.671.